The van der Waals surface area contributed by atoms with Gasteiger partial charge in [0.15, 0.2) is 0 Å². The van der Waals surface area contributed by atoms with Crippen molar-refractivity contribution in [2.45, 2.75) is 38.6 Å². The van der Waals surface area contributed by atoms with Crippen LogP contribution in [0.15, 0.2) is 0 Å². The number of hydrogen-bond donors (Lipinski definition) is 2. The summed E-state index contributed by atoms with van der Waals surface area (Å²) in [5, 5.41) is 3.39. The molecular weight excluding hydrogens is 224 g/mol. The minimum atomic E-state index is 0.0336. The van der Waals surface area contributed by atoms with Gasteiger partial charge in [0.2, 0.25) is 11.0 Å². The lowest BCUT2D eigenvalue weighted by Crippen LogP contribution is -2.34. The Bertz CT molecular complexity index is 379. The van der Waals surface area contributed by atoms with E-state index in [9.17, 15) is 4.79 Å². The van der Waals surface area contributed by atoms with E-state index < -0.39 is 0 Å². The molecule has 0 saturated heterocycles. The van der Waals surface area contributed by atoms with Crippen molar-refractivity contribution < 1.29 is 4.79 Å². The molecule has 2 rings (SSSR count). The summed E-state index contributed by atoms with van der Waals surface area (Å²) < 4.78 is 4.02. The maximum Gasteiger partial charge on any atom is 0.229 e. The van der Waals surface area contributed by atoms with Crippen LogP contribution < -0.4 is 11.1 Å². The molecular formula is C10H16N4OS. The average Bonchev–Trinajstić information content (AvgIpc) is 2.64. The summed E-state index contributed by atoms with van der Waals surface area (Å²) >= 11 is 1.22. The van der Waals surface area contributed by atoms with E-state index in [1.165, 1.54) is 11.5 Å². The number of amides is 1. The van der Waals surface area contributed by atoms with Crippen molar-refractivity contribution in [2.24, 2.45) is 11.7 Å². The number of nitrogens with two attached hydrogens (primary N) is 1. The number of nitrogens with zero attached hydrogens (tertiary/aromatic N) is 2. The van der Waals surface area contributed by atoms with Gasteiger partial charge in [-0.3, -0.25) is 4.79 Å². The van der Waals surface area contributed by atoms with E-state index >= 15 is 0 Å². The normalized spacial score (nSPS) is 25.4. The SMILES string of the molecule is Cc1nsc(NC(=O)C2CCCC(N)C2)n1. The zero-order chi connectivity index (χ0) is 11.5. The molecule has 1 aliphatic rings. The maximum atomic E-state index is 11.9. The van der Waals surface area contributed by atoms with E-state index in [1.54, 1.807) is 0 Å². The first-order chi connectivity index (χ1) is 7.65. The highest BCUT2D eigenvalue weighted by atomic mass is 32.1. The van der Waals surface area contributed by atoms with Crippen molar-refractivity contribution >= 4 is 22.6 Å². The number of aryl methyl sites for hydroxylation is 1. The Morgan fingerprint density at radius 3 is 3.00 bits per heavy atom. The second-order valence-electron chi connectivity index (χ2n) is 4.26. The van der Waals surface area contributed by atoms with Gasteiger partial charge >= 0.3 is 0 Å². The van der Waals surface area contributed by atoms with E-state index in [0.29, 0.717) is 11.0 Å². The summed E-state index contributed by atoms with van der Waals surface area (Å²) in [5.74, 6) is 0.764. The zero-order valence-electron chi connectivity index (χ0n) is 9.27. The predicted octanol–water partition coefficient (Wildman–Crippen LogP) is 1.30. The largest absolute Gasteiger partial charge is 0.328 e. The summed E-state index contributed by atoms with van der Waals surface area (Å²) in [6.45, 7) is 1.81. The van der Waals surface area contributed by atoms with Crippen LogP contribution in [-0.2, 0) is 4.79 Å². The van der Waals surface area contributed by atoms with Crippen LogP contribution in [0.3, 0.4) is 0 Å². The molecule has 2 atom stereocenters. The van der Waals surface area contributed by atoms with Crippen molar-refractivity contribution in [2.75, 3.05) is 5.32 Å². The van der Waals surface area contributed by atoms with E-state index in [2.05, 4.69) is 14.7 Å². The summed E-state index contributed by atoms with van der Waals surface area (Å²) in [6, 6.07) is 0.167. The molecule has 2 unspecified atom stereocenters. The van der Waals surface area contributed by atoms with Crippen molar-refractivity contribution in [3.05, 3.63) is 5.82 Å². The van der Waals surface area contributed by atoms with Gasteiger partial charge in [-0.2, -0.15) is 4.37 Å². The lowest BCUT2D eigenvalue weighted by molar-refractivity contribution is -0.120. The first-order valence-corrected chi connectivity index (χ1v) is 6.29. The standard InChI is InChI=1S/C10H16N4OS/c1-6-12-10(16-14-6)13-9(15)7-3-2-4-8(11)5-7/h7-8H,2-5,11H2,1H3,(H,12,13,14,15). The highest BCUT2D eigenvalue weighted by Gasteiger charge is 2.25. The highest BCUT2D eigenvalue weighted by Crippen LogP contribution is 2.24. The van der Waals surface area contributed by atoms with Gasteiger partial charge in [-0.15, -0.1) is 0 Å². The Hall–Kier alpha value is -1.01. The molecule has 0 spiro atoms. The fraction of sp³-hybridized carbons (Fsp3) is 0.700. The van der Waals surface area contributed by atoms with Crippen LogP contribution in [0.1, 0.15) is 31.5 Å². The fourth-order valence-electron chi connectivity index (χ4n) is 2.02. The van der Waals surface area contributed by atoms with Crippen LogP contribution in [0.5, 0.6) is 0 Å². The number of anilines is 1. The number of aromatic nitrogens is 2. The Morgan fingerprint density at radius 2 is 2.38 bits per heavy atom. The average molecular weight is 240 g/mol. The minimum Gasteiger partial charge on any atom is -0.328 e. The van der Waals surface area contributed by atoms with Crippen LogP contribution >= 0.6 is 11.5 Å². The zero-order valence-corrected chi connectivity index (χ0v) is 10.1. The molecule has 0 radical (unpaired) electrons. The van der Waals surface area contributed by atoms with Gasteiger partial charge < -0.3 is 11.1 Å². The fourth-order valence-corrected chi connectivity index (χ4v) is 2.60. The molecule has 16 heavy (non-hydrogen) atoms. The molecule has 1 aromatic rings. The van der Waals surface area contributed by atoms with Crippen LogP contribution in [0.2, 0.25) is 0 Å². The smallest absolute Gasteiger partial charge is 0.229 e. The summed E-state index contributed by atoms with van der Waals surface area (Å²) in [5.41, 5.74) is 5.86. The number of hydrogen-bond acceptors (Lipinski definition) is 5. The Morgan fingerprint density at radius 1 is 1.56 bits per heavy atom. The molecule has 6 heteroatoms. The molecule has 0 aliphatic heterocycles. The first kappa shape index (κ1) is 11.5. The Labute approximate surface area is 98.6 Å². The molecule has 3 N–H and O–H groups in total. The third-order valence-corrected chi connectivity index (χ3v) is 3.57. The number of carbonyl (C=O) groups is 1. The number of carbonyl (C=O) groups excluding carboxylic acids is 1. The number of nitrogens with one attached hydrogen (secondary N) is 1. The molecule has 88 valence electrons. The molecule has 1 saturated carbocycles. The Kier molecular flexibility index (Phi) is 3.50. The monoisotopic (exact) mass is 240 g/mol. The van der Waals surface area contributed by atoms with E-state index in [1.807, 2.05) is 6.92 Å². The lowest BCUT2D eigenvalue weighted by atomic mass is 9.86. The van der Waals surface area contributed by atoms with E-state index in [-0.39, 0.29) is 17.9 Å². The topological polar surface area (TPSA) is 80.9 Å². The second kappa shape index (κ2) is 4.88. The molecule has 1 amide bonds. The lowest BCUT2D eigenvalue weighted by Gasteiger charge is -2.25. The van der Waals surface area contributed by atoms with Crippen LogP contribution in [0, 0.1) is 12.8 Å². The molecule has 1 fully saturated rings. The molecule has 0 bridgehead atoms. The van der Waals surface area contributed by atoms with Gasteiger partial charge in [-0.25, -0.2) is 4.98 Å². The third-order valence-electron chi connectivity index (χ3n) is 2.84. The van der Waals surface area contributed by atoms with Crippen molar-refractivity contribution in [1.29, 1.82) is 0 Å². The van der Waals surface area contributed by atoms with Gasteiger partial charge in [0.25, 0.3) is 0 Å². The molecule has 1 aliphatic carbocycles. The van der Waals surface area contributed by atoms with Gasteiger partial charge in [0.1, 0.15) is 5.82 Å². The van der Waals surface area contributed by atoms with Crippen molar-refractivity contribution in [1.82, 2.24) is 9.36 Å². The summed E-state index contributed by atoms with van der Waals surface area (Å²) in [7, 11) is 0. The minimum absolute atomic E-state index is 0.0336. The predicted molar refractivity (Wildman–Crippen MR) is 63.2 cm³/mol. The van der Waals surface area contributed by atoms with Crippen LogP contribution in [-0.4, -0.2) is 21.3 Å². The second-order valence-corrected chi connectivity index (χ2v) is 5.01. The third kappa shape index (κ3) is 2.76. The summed E-state index contributed by atoms with van der Waals surface area (Å²) in [6.07, 6.45) is 3.77. The molecule has 0 aromatic carbocycles. The van der Waals surface area contributed by atoms with Crippen LogP contribution in [0.25, 0.3) is 0 Å². The summed E-state index contributed by atoms with van der Waals surface area (Å²) in [4.78, 5) is 16.0. The first-order valence-electron chi connectivity index (χ1n) is 5.52. The molecule has 5 nitrogen and oxygen atoms in total. The molecule has 1 aromatic heterocycles. The van der Waals surface area contributed by atoms with Gasteiger partial charge in [-0.1, -0.05) is 6.42 Å². The van der Waals surface area contributed by atoms with Crippen molar-refractivity contribution in [3.63, 3.8) is 0 Å². The van der Waals surface area contributed by atoms with Gasteiger partial charge in [0, 0.05) is 23.5 Å². The van der Waals surface area contributed by atoms with E-state index in [0.717, 1.165) is 25.7 Å². The quantitative estimate of drug-likeness (QED) is 0.816. The molecule has 1 heterocycles. The Balaban J connectivity index is 1.92. The highest BCUT2D eigenvalue weighted by molar-refractivity contribution is 7.09. The number of rotatable bonds is 2. The van der Waals surface area contributed by atoms with Gasteiger partial charge in [0.05, 0.1) is 0 Å². The van der Waals surface area contributed by atoms with Crippen molar-refractivity contribution in [3.8, 4) is 0 Å². The van der Waals surface area contributed by atoms with Gasteiger partial charge in [-0.05, 0) is 26.2 Å². The van der Waals surface area contributed by atoms with E-state index in [4.69, 9.17) is 5.73 Å². The van der Waals surface area contributed by atoms with Crippen LogP contribution in [0.4, 0.5) is 5.13 Å². The maximum absolute atomic E-state index is 11.9.